The third kappa shape index (κ3) is 5.25. The van der Waals surface area contributed by atoms with Crippen molar-refractivity contribution in [3.63, 3.8) is 0 Å². The van der Waals surface area contributed by atoms with E-state index in [0.29, 0.717) is 17.5 Å². The van der Waals surface area contributed by atoms with E-state index in [-0.39, 0.29) is 5.41 Å². The molecule has 278 valence electrons. The van der Waals surface area contributed by atoms with Crippen LogP contribution in [0.2, 0.25) is 0 Å². The lowest BCUT2D eigenvalue weighted by molar-refractivity contribution is 0.633. The van der Waals surface area contributed by atoms with Crippen LogP contribution in [0.4, 0.5) is 17.1 Å². The Morgan fingerprint density at radius 1 is 0.373 bits per heavy atom. The van der Waals surface area contributed by atoms with Crippen molar-refractivity contribution in [3.8, 4) is 34.2 Å². The molecule has 1 aliphatic rings. The second-order valence-electron chi connectivity index (χ2n) is 16.0. The molecule has 5 heteroatoms. The summed E-state index contributed by atoms with van der Waals surface area (Å²) < 4.78 is 2.52. The number of aromatic nitrogens is 3. The van der Waals surface area contributed by atoms with Crippen LogP contribution in [0, 0.1) is 0 Å². The molecule has 0 aliphatic carbocycles. The first kappa shape index (κ1) is 33.9. The zero-order chi connectivity index (χ0) is 39.2. The van der Waals surface area contributed by atoms with Crippen LogP contribution < -0.4 is 4.90 Å². The van der Waals surface area contributed by atoms with Gasteiger partial charge in [-0.2, -0.15) is 0 Å². The summed E-state index contributed by atoms with van der Waals surface area (Å²) in [6.07, 6.45) is 0. The van der Waals surface area contributed by atoms with E-state index in [1.807, 2.05) is 29.5 Å². The highest BCUT2D eigenvalue weighted by Gasteiger charge is 2.37. The lowest BCUT2D eigenvalue weighted by Crippen LogP contribution is -2.30. The number of anilines is 3. The second kappa shape index (κ2) is 12.9. The predicted molar refractivity (Wildman–Crippen MR) is 248 cm³/mol. The molecule has 3 heterocycles. The topological polar surface area (TPSA) is 41.9 Å². The number of hydrogen-bond acceptors (Lipinski definition) is 5. The van der Waals surface area contributed by atoms with Gasteiger partial charge >= 0.3 is 0 Å². The van der Waals surface area contributed by atoms with Gasteiger partial charge in [0.15, 0.2) is 17.5 Å². The van der Waals surface area contributed by atoms with Crippen molar-refractivity contribution < 1.29 is 0 Å². The molecule has 59 heavy (non-hydrogen) atoms. The predicted octanol–water partition coefficient (Wildman–Crippen LogP) is 14.8. The largest absolute Gasteiger partial charge is 0.310 e. The highest BCUT2D eigenvalue weighted by Crippen LogP contribution is 2.54. The normalized spacial score (nSPS) is 13.4. The first-order chi connectivity index (χ1) is 29.0. The highest BCUT2D eigenvalue weighted by molar-refractivity contribution is 7.25. The molecule has 0 saturated carbocycles. The highest BCUT2D eigenvalue weighted by atomic mass is 32.1. The summed E-state index contributed by atoms with van der Waals surface area (Å²) in [6.45, 7) is 4.72. The zero-order valence-electron chi connectivity index (χ0n) is 32.5. The molecule has 0 radical (unpaired) electrons. The lowest BCUT2D eigenvalue weighted by Gasteiger charge is -2.42. The molecule has 11 aromatic rings. The molecule has 0 fully saturated rings. The van der Waals surface area contributed by atoms with Crippen LogP contribution in [0.5, 0.6) is 0 Å². The van der Waals surface area contributed by atoms with Crippen molar-refractivity contribution in [2.75, 3.05) is 4.90 Å². The van der Waals surface area contributed by atoms with E-state index in [9.17, 15) is 0 Å². The van der Waals surface area contributed by atoms with E-state index in [0.717, 1.165) is 22.4 Å². The van der Waals surface area contributed by atoms with Gasteiger partial charge in [0.1, 0.15) is 0 Å². The van der Waals surface area contributed by atoms with Crippen LogP contribution in [0.1, 0.15) is 25.0 Å². The number of fused-ring (bicyclic) bond motifs is 11. The maximum Gasteiger partial charge on any atom is 0.164 e. The second-order valence-corrected chi connectivity index (χ2v) is 17.1. The Hall–Kier alpha value is -7.21. The summed E-state index contributed by atoms with van der Waals surface area (Å²) in [7, 11) is 0. The van der Waals surface area contributed by atoms with Crippen LogP contribution in [0.25, 0.3) is 86.7 Å². The molecule has 1 aliphatic heterocycles. The van der Waals surface area contributed by atoms with E-state index in [4.69, 9.17) is 15.0 Å². The maximum atomic E-state index is 5.24. The monoisotopic (exact) mass is 772 g/mol. The van der Waals surface area contributed by atoms with Gasteiger partial charge < -0.3 is 4.90 Å². The van der Waals surface area contributed by atoms with Crippen LogP contribution in [-0.2, 0) is 5.41 Å². The number of para-hydroxylation sites is 1. The van der Waals surface area contributed by atoms with E-state index >= 15 is 0 Å². The Balaban J connectivity index is 1.07. The first-order valence-electron chi connectivity index (χ1n) is 20.1. The first-order valence-corrected chi connectivity index (χ1v) is 20.9. The van der Waals surface area contributed by atoms with Crippen molar-refractivity contribution in [1.29, 1.82) is 0 Å². The molecule has 0 atom stereocenters. The average Bonchev–Trinajstić information content (AvgIpc) is 3.67. The number of thiophene rings is 1. The quantitative estimate of drug-likeness (QED) is 0.167. The number of benzene rings is 9. The molecular weight excluding hydrogens is 737 g/mol. The molecule has 4 nitrogen and oxygen atoms in total. The van der Waals surface area contributed by atoms with E-state index < -0.39 is 0 Å². The van der Waals surface area contributed by atoms with Gasteiger partial charge in [-0.15, -0.1) is 11.3 Å². The molecule has 0 bridgehead atoms. The summed E-state index contributed by atoms with van der Waals surface area (Å²) in [5, 5.41) is 10.1. The van der Waals surface area contributed by atoms with Crippen molar-refractivity contribution >= 4 is 80.9 Å². The molecule has 2 aromatic heterocycles. The van der Waals surface area contributed by atoms with Gasteiger partial charge in [-0.05, 0) is 98.0 Å². The van der Waals surface area contributed by atoms with Crippen molar-refractivity contribution in [3.05, 3.63) is 193 Å². The summed E-state index contributed by atoms with van der Waals surface area (Å²) >= 11 is 1.81. The molecule has 0 amide bonds. The SMILES string of the molecule is CC1(C)c2ccccc2N(c2cccc(-c3nc(-c4ccccc4)nc(-c4ccc5sc6ccccc6c5c4)n3)c2)c2cc3c4ccccc4c4ccccc4c3cc21. The molecule has 0 unspecified atom stereocenters. The van der Waals surface area contributed by atoms with Gasteiger partial charge in [0.25, 0.3) is 0 Å². The van der Waals surface area contributed by atoms with E-state index in [2.05, 4.69) is 183 Å². The van der Waals surface area contributed by atoms with Gasteiger partial charge in [-0.25, -0.2) is 15.0 Å². The molecule has 0 saturated heterocycles. The lowest BCUT2D eigenvalue weighted by atomic mass is 9.72. The number of hydrogen-bond donors (Lipinski definition) is 0. The Morgan fingerprint density at radius 3 is 1.64 bits per heavy atom. The third-order valence-electron chi connectivity index (χ3n) is 12.3. The number of nitrogens with zero attached hydrogens (tertiary/aromatic N) is 4. The molecule has 9 aromatic carbocycles. The standard InChI is InChI=1S/C54H36N4S/c1-54(2)45-24-11-12-25-47(45)58(48-32-43-40-22-9-7-20-38(40)37-19-6-8-21-39(37)42(43)31-46(48)54)36-18-14-17-34(29-36)52-55-51(33-15-4-3-5-16-33)56-53(57-52)35-27-28-50-44(30-35)41-23-10-13-26-49(41)59-50/h3-32H,1-2H3. The summed E-state index contributed by atoms with van der Waals surface area (Å²) in [6, 6.07) is 65.5. The molecule has 0 spiro atoms. The average molecular weight is 773 g/mol. The van der Waals surface area contributed by atoms with Crippen LogP contribution in [0.3, 0.4) is 0 Å². The fraction of sp³-hybridized carbons (Fsp3) is 0.0556. The Bertz CT molecular complexity index is 3490. The van der Waals surface area contributed by atoms with Gasteiger partial charge in [0, 0.05) is 48.0 Å². The molecule has 12 rings (SSSR count). The van der Waals surface area contributed by atoms with Crippen molar-refractivity contribution in [2.45, 2.75) is 19.3 Å². The summed E-state index contributed by atoms with van der Waals surface area (Å²) in [5.41, 5.74) is 8.56. The van der Waals surface area contributed by atoms with E-state index in [1.54, 1.807) is 0 Å². The minimum absolute atomic E-state index is 0.246. The number of rotatable bonds is 4. The fourth-order valence-corrected chi connectivity index (χ4v) is 10.5. The summed E-state index contributed by atoms with van der Waals surface area (Å²) in [5.74, 6) is 1.93. The Morgan fingerprint density at radius 2 is 0.915 bits per heavy atom. The third-order valence-corrected chi connectivity index (χ3v) is 13.4. The van der Waals surface area contributed by atoms with Gasteiger partial charge in [-0.1, -0.05) is 141 Å². The molecular formula is C54H36N4S. The molecule has 0 N–H and O–H groups in total. The van der Waals surface area contributed by atoms with Crippen molar-refractivity contribution in [2.24, 2.45) is 0 Å². The maximum absolute atomic E-state index is 5.24. The van der Waals surface area contributed by atoms with Crippen LogP contribution in [0.15, 0.2) is 182 Å². The van der Waals surface area contributed by atoms with Crippen LogP contribution >= 0.6 is 11.3 Å². The summed E-state index contributed by atoms with van der Waals surface area (Å²) in [4.78, 5) is 17.9. The minimum atomic E-state index is -0.246. The van der Waals surface area contributed by atoms with Gasteiger partial charge in [-0.3, -0.25) is 0 Å². The van der Waals surface area contributed by atoms with Crippen LogP contribution in [-0.4, -0.2) is 15.0 Å². The van der Waals surface area contributed by atoms with Gasteiger partial charge in [0.2, 0.25) is 0 Å². The fourth-order valence-electron chi connectivity index (χ4n) is 9.38. The Kier molecular flexibility index (Phi) is 7.41. The van der Waals surface area contributed by atoms with Gasteiger partial charge in [0.05, 0.1) is 11.4 Å². The van der Waals surface area contributed by atoms with Crippen molar-refractivity contribution in [1.82, 2.24) is 15.0 Å². The minimum Gasteiger partial charge on any atom is -0.310 e. The zero-order valence-corrected chi connectivity index (χ0v) is 33.3. The van der Waals surface area contributed by atoms with E-state index in [1.165, 1.54) is 75.0 Å². The smallest absolute Gasteiger partial charge is 0.164 e. The Labute approximate surface area is 345 Å².